The molecule has 0 amide bonds. The lowest BCUT2D eigenvalue weighted by Gasteiger charge is -2.28. The topological polar surface area (TPSA) is 21.3 Å². The summed E-state index contributed by atoms with van der Waals surface area (Å²) >= 11 is 0. The van der Waals surface area contributed by atoms with Crippen molar-refractivity contribution in [3.63, 3.8) is 0 Å². The smallest absolute Gasteiger partial charge is 0.0642 e. The summed E-state index contributed by atoms with van der Waals surface area (Å²) in [6.45, 7) is 4.01. The van der Waals surface area contributed by atoms with Gasteiger partial charge in [-0.1, -0.05) is 44.4 Å². The van der Waals surface area contributed by atoms with E-state index in [4.69, 9.17) is 4.74 Å². The molecule has 0 radical (unpaired) electrons. The zero-order valence-electron chi connectivity index (χ0n) is 11.4. The zero-order chi connectivity index (χ0) is 12.6. The van der Waals surface area contributed by atoms with E-state index in [9.17, 15) is 0 Å². The zero-order valence-corrected chi connectivity index (χ0v) is 11.4. The Morgan fingerprint density at radius 2 is 2.06 bits per heavy atom. The second kappa shape index (κ2) is 7.42. The van der Waals surface area contributed by atoms with Gasteiger partial charge in [0.05, 0.1) is 12.7 Å². The van der Waals surface area contributed by atoms with Gasteiger partial charge in [0.1, 0.15) is 0 Å². The predicted molar refractivity (Wildman–Crippen MR) is 76.9 cm³/mol. The highest BCUT2D eigenvalue weighted by atomic mass is 16.5. The molecule has 2 atom stereocenters. The molecule has 0 heterocycles. The first-order chi connectivity index (χ1) is 8.88. The van der Waals surface area contributed by atoms with Gasteiger partial charge in [0.2, 0.25) is 0 Å². The van der Waals surface area contributed by atoms with Crippen molar-refractivity contribution >= 4 is 5.69 Å². The van der Waals surface area contributed by atoms with Gasteiger partial charge in [-0.2, -0.15) is 0 Å². The van der Waals surface area contributed by atoms with Crippen molar-refractivity contribution in [3.8, 4) is 0 Å². The standard InChI is InChI=1S/C16H25NO/c1-2-14-7-6-10-16(13-14)18-12-11-17-15-8-4-3-5-9-15/h3-5,8-9,14,16-17H,2,6-7,10-13H2,1H3. The Bertz CT molecular complexity index is 325. The first-order valence-corrected chi connectivity index (χ1v) is 7.29. The van der Waals surface area contributed by atoms with E-state index in [-0.39, 0.29) is 0 Å². The number of hydrogen-bond donors (Lipinski definition) is 1. The van der Waals surface area contributed by atoms with Gasteiger partial charge in [-0.25, -0.2) is 0 Å². The number of anilines is 1. The molecule has 0 bridgehead atoms. The van der Waals surface area contributed by atoms with Crippen molar-refractivity contribution in [2.75, 3.05) is 18.5 Å². The number of hydrogen-bond acceptors (Lipinski definition) is 2. The minimum atomic E-state index is 0.501. The Kier molecular flexibility index (Phi) is 5.53. The number of para-hydroxylation sites is 1. The molecule has 18 heavy (non-hydrogen) atoms. The van der Waals surface area contributed by atoms with E-state index in [0.29, 0.717) is 6.10 Å². The Labute approximate surface area is 111 Å². The Hall–Kier alpha value is -1.02. The van der Waals surface area contributed by atoms with E-state index < -0.39 is 0 Å². The Morgan fingerprint density at radius 3 is 2.83 bits per heavy atom. The van der Waals surface area contributed by atoms with Crippen LogP contribution in [0.25, 0.3) is 0 Å². The SMILES string of the molecule is CCC1CCCC(OCCNc2ccccc2)C1. The van der Waals surface area contributed by atoms with Crippen LogP contribution in [0.1, 0.15) is 39.0 Å². The largest absolute Gasteiger partial charge is 0.383 e. The number of benzene rings is 1. The van der Waals surface area contributed by atoms with Crippen molar-refractivity contribution in [2.45, 2.75) is 45.1 Å². The lowest BCUT2D eigenvalue weighted by Crippen LogP contribution is -2.24. The van der Waals surface area contributed by atoms with E-state index in [1.165, 1.54) is 37.8 Å². The molecule has 1 N–H and O–H groups in total. The maximum atomic E-state index is 5.97. The summed E-state index contributed by atoms with van der Waals surface area (Å²) in [7, 11) is 0. The van der Waals surface area contributed by atoms with E-state index >= 15 is 0 Å². The first-order valence-electron chi connectivity index (χ1n) is 7.29. The van der Waals surface area contributed by atoms with Crippen molar-refractivity contribution in [3.05, 3.63) is 30.3 Å². The molecular weight excluding hydrogens is 222 g/mol. The van der Waals surface area contributed by atoms with Crippen LogP contribution in [0.4, 0.5) is 5.69 Å². The van der Waals surface area contributed by atoms with Crippen LogP contribution in [0.3, 0.4) is 0 Å². The van der Waals surface area contributed by atoms with Gasteiger partial charge in [-0.3, -0.25) is 0 Å². The number of nitrogens with one attached hydrogen (secondary N) is 1. The van der Waals surface area contributed by atoms with Crippen molar-refractivity contribution in [1.29, 1.82) is 0 Å². The molecule has 1 aromatic carbocycles. The third-order valence-corrected chi connectivity index (χ3v) is 3.87. The third-order valence-electron chi connectivity index (χ3n) is 3.87. The Morgan fingerprint density at radius 1 is 1.22 bits per heavy atom. The molecule has 0 spiro atoms. The fourth-order valence-electron chi connectivity index (χ4n) is 2.74. The highest BCUT2D eigenvalue weighted by Crippen LogP contribution is 2.28. The third kappa shape index (κ3) is 4.34. The molecule has 100 valence electrons. The number of rotatable bonds is 6. The number of ether oxygens (including phenoxy) is 1. The van der Waals surface area contributed by atoms with Gasteiger partial charge in [0, 0.05) is 12.2 Å². The molecule has 1 aromatic rings. The van der Waals surface area contributed by atoms with Crippen LogP contribution in [-0.4, -0.2) is 19.3 Å². The van der Waals surface area contributed by atoms with Crippen LogP contribution in [-0.2, 0) is 4.74 Å². The molecule has 1 aliphatic rings. The van der Waals surface area contributed by atoms with Gasteiger partial charge in [-0.05, 0) is 30.9 Å². The normalized spacial score (nSPS) is 23.8. The van der Waals surface area contributed by atoms with E-state index in [0.717, 1.165) is 19.1 Å². The summed E-state index contributed by atoms with van der Waals surface area (Å²) in [6.07, 6.45) is 7.07. The Balaban J connectivity index is 1.60. The summed E-state index contributed by atoms with van der Waals surface area (Å²) < 4.78 is 5.97. The second-order valence-electron chi connectivity index (χ2n) is 5.23. The van der Waals surface area contributed by atoms with Crippen molar-refractivity contribution in [1.82, 2.24) is 0 Å². The second-order valence-corrected chi connectivity index (χ2v) is 5.23. The van der Waals surface area contributed by atoms with E-state index in [2.05, 4.69) is 36.5 Å². The highest BCUT2D eigenvalue weighted by Gasteiger charge is 2.20. The molecule has 0 aromatic heterocycles. The van der Waals surface area contributed by atoms with E-state index in [1.54, 1.807) is 0 Å². The molecule has 1 saturated carbocycles. The van der Waals surface area contributed by atoms with Gasteiger partial charge in [0.15, 0.2) is 0 Å². The predicted octanol–water partition coefficient (Wildman–Crippen LogP) is 4.08. The minimum Gasteiger partial charge on any atom is -0.383 e. The van der Waals surface area contributed by atoms with Gasteiger partial charge >= 0.3 is 0 Å². The molecule has 0 aliphatic heterocycles. The average molecular weight is 247 g/mol. The lowest BCUT2D eigenvalue weighted by atomic mass is 9.85. The van der Waals surface area contributed by atoms with Crippen molar-refractivity contribution in [2.24, 2.45) is 5.92 Å². The summed E-state index contributed by atoms with van der Waals surface area (Å²) in [5, 5.41) is 3.38. The van der Waals surface area contributed by atoms with Crippen LogP contribution >= 0.6 is 0 Å². The molecule has 2 nitrogen and oxygen atoms in total. The summed E-state index contributed by atoms with van der Waals surface area (Å²) in [4.78, 5) is 0. The molecule has 2 rings (SSSR count). The lowest BCUT2D eigenvalue weighted by molar-refractivity contribution is 0.0181. The highest BCUT2D eigenvalue weighted by molar-refractivity contribution is 5.42. The van der Waals surface area contributed by atoms with Crippen LogP contribution in [0, 0.1) is 5.92 Å². The molecule has 1 aliphatic carbocycles. The van der Waals surface area contributed by atoms with Gasteiger partial charge in [0.25, 0.3) is 0 Å². The quantitative estimate of drug-likeness (QED) is 0.765. The first kappa shape index (κ1) is 13.4. The van der Waals surface area contributed by atoms with Gasteiger partial charge < -0.3 is 10.1 Å². The molecule has 1 fully saturated rings. The fourth-order valence-corrected chi connectivity index (χ4v) is 2.74. The summed E-state index contributed by atoms with van der Waals surface area (Å²) in [6, 6.07) is 10.3. The fraction of sp³-hybridized carbons (Fsp3) is 0.625. The molecule has 2 heteroatoms. The van der Waals surface area contributed by atoms with Crippen molar-refractivity contribution < 1.29 is 4.74 Å². The summed E-state index contributed by atoms with van der Waals surface area (Å²) in [5.74, 6) is 0.894. The van der Waals surface area contributed by atoms with Crippen LogP contribution in [0.2, 0.25) is 0 Å². The van der Waals surface area contributed by atoms with Gasteiger partial charge in [-0.15, -0.1) is 0 Å². The monoisotopic (exact) mass is 247 g/mol. The van der Waals surface area contributed by atoms with Crippen LogP contribution in [0.15, 0.2) is 30.3 Å². The molecular formula is C16H25NO. The maximum Gasteiger partial charge on any atom is 0.0642 e. The minimum absolute atomic E-state index is 0.501. The maximum absolute atomic E-state index is 5.97. The molecule has 0 saturated heterocycles. The van der Waals surface area contributed by atoms with E-state index in [1.807, 2.05) is 6.07 Å². The summed E-state index contributed by atoms with van der Waals surface area (Å²) in [5.41, 5.74) is 1.18. The van der Waals surface area contributed by atoms with Crippen LogP contribution in [0.5, 0.6) is 0 Å². The average Bonchev–Trinajstić information content (AvgIpc) is 2.45. The molecule has 2 unspecified atom stereocenters. The van der Waals surface area contributed by atoms with Crippen LogP contribution < -0.4 is 5.32 Å².